The van der Waals surface area contributed by atoms with Crippen LogP contribution in [0.25, 0.3) is 40.0 Å². The molecule has 0 radical (unpaired) electrons. The fraction of sp³-hybridized carbons (Fsp3) is 0.0370. The summed E-state index contributed by atoms with van der Waals surface area (Å²) in [5, 5.41) is 2.84. The second kappa shape index (κ2) is 8.40. The Kier molecular flexibility index (Phi) is 5.14. The van der Waals surface area contributed by atoms with Crippen LogP contribution in [0.3, 0.4) is 0 Å². The molecule has 0 aliphatic carbocycles. The largest absolute Gasteiger partial charge is 0.457 e. The number of fused-ring (bicyclic) bond motifs is 1. The number of hydrogen-bond donors (Lipinski definition) is 1. The number of benzene rings is 3. The van der Waals surface area contributed by atoms with Crippen LogP contribution in [0.5, 0.6) is 0 Å². The molecule has 0 fully saturated rings. The molecular formula is C27H20N2O3. The van der Waals surface area contributed by atoms with Gasteiger partial charge in [-0.2, -0.15) is 0 Å². The Hall–Kier alpha value is -4.38. The number of carbonyl (C=O) groups is 1. The van der Waals surface area contributed by atoms with E-state index >= 15 is 0 Å². The van der Waals surface area contributed by atoms with Gasteiger partial charge in [-0.3, -0.25) is 4.79 Å². The summed E-state index contributed by atoms with van der Waals surface area (Å²) in [5.74, 6) is 1.68. The maximum Gasteiger partial charge on any atom is 0.248 e. The van der Waals surface area contributed by atoms with E-state index in [2.05, 4.69) is 10.3 Å². The van der Waals surface area contributed by atoms with Gasteiger partial charge in [-0.1, -0.05) is 36.4 Å². The fourth-order valence-electron chi connectivity index (χ4n) is 3.39. The third-order valence-electron chi connectivity index (χ3n) is 5.03. The summed E-state index contributed by atoms with van der Waals surface area (Å²) in [6.07, 6.45) is 3.10. The molecule has 5 nitrogen and oxygen atoms in total. The Bertz CT molecular complexity index is 1410. The van der Waals surface area contributed by atoms with Gasteiger partial charge in [0.15, 0.2) is 5.58 Å². The number of aromatic nitrogens is 1. The molecule has 0 atom stereocenters. The first-order valence-electron chi connectivity index (χ1n) is 10.3. The number of anilines is 1. The van der Waals surface area contributed by atoms with E-state index in [1.807, 2.05) is 91.9 Å². The Balaban J connectivity index is 1.24. The van der Waals surface area contributed by atoms with Crippen molar-refractivity contribution in [3.8, 4) is 22.8 Å². The highest BCUT2D eigenvalue weighted by atomic mass is 16.3. The molecule has 156 valence electrons. The Labute approximate surface area is 185 Å². The van der Waals surface area contributed by atoms with Crippen LogP contribution in [0.4, 0.5) is 5.69 Å². The zero-order valence-electron chi connectivity index (χ0n) is 17.4. The third-order valence-corrected chi connectivity index (χ3v) is 5.03. The summed E-state index contributed by atoms with van der Waals surface area (Å²) in [5.41, 5.74) is 5.22. The summed E-state index contributed by atoms with van der Waals surface area (Å²) in [6.45, 7) is 2.02. The van der Waals surface area contributed by atoms with Crippen LogP contribution in [0.15, 0.2) is 99.8 Å². The van der Waals surface area contributed by atoms with Crippen LogP contribution in [0.2, 0.25) is 0 Å². The molecule has 32 heavy (non-hydrogen) atoms. The molecule has 3 aromatic carbocycles. The third kappa shape index (κ3) is 4.23. The number of rotatable bonds is 5. The Morgan fingerprint density at radius 2 is 1.69 bits per heavy atom. The van der Waals surface area contributed by atoms with Crippen molar-refractivity contribution in [3.63, 3.8) is 0 Å². The van der Waals surface area contributed by atoms with Crippen LogP contribution < -0.4 is 5.32 Å². The molecule has 0 aliphatic rings. The van der Waals surface area contributed by atoms with Crippen molar-refractivity contribution >= 4 is 28.8 Å². The van der Waals surface area contributed by atoms with E-state index in [1.54, 1.807) is 6.08 Å². The number of furan rings is 1. The first-order valence-corrected chi connectivity index (χ1v) is 10.3. The van der Waals surface area contributed by atoms with Crippen molar-refractivity contribution in [3.05, 3.63) is 102 Å². The smallest absolute Gasteiger partial charge is 0.248 e. The van der Waals surface area contributed by atoms with Crippen LogP contribution in [-0.2, 0) is 4.79 Å². The molecule has 0 bridgehead atoms. The average Bonchev–Trinajstić information content (AvgIpc) is 3.46. The summed E-state index contributed by atoms with van der Waals surface area (Å²) < 4.78 is 11.6. The van der Waals surface area contributed by atoms with E-state index in [0.29, 0.717) is 17.3 Å². The zero-order valence-corrected chi connectivity index (χ0v) is 17.4. The SMILES string of the molecule is Cc1ccc2nc(-c3ccc(NC(=O)/C=C/c4ccc(-c5ccccc5)o4)cc3)oc2c1. The maximum absolute atomic E-state index is 12.3. The van der Waals surface area contributed by atoms with Crippen LogP contribution in [0.1, 0.15) is 11.3 Å². The van der Waals surface area contributed by atoms with E-state index in [1.165, 1.54) is 6.08 Å². The van der Waals surface area contributed by atoms with Gasteiger partial charge >= 0.3 is 0 Å². The second-order valence-corrected chi connectivity index (χ2v) is 7.46. The number of amides is 1. The van der Waals surface area contributed by atoms with Crippen molar-refractivity contribution in [1.82, 2.24) is 4.98 Å². The predicted octanol–water partition coefficient (Wildman–Crippen LogP) is 6.72. The average molecular weight is 420 g/mol. The summed E-state index contributed by atoms with van der Waals surface area (Å²) in [6, 6.07) is 26.8. The lowest BCUT2D eigenvalue weighted by molar-refractivity contribution is -0.111. The lowest BCUT2D eigenvalue weighted by Crippen LogP contribution is -2.07. The standard InChI is InChI=1S/C27H20N2O3/c1-18-7-14-23-25(17-18)32-27(29-23)20-8-10-21(11-9-20)28-26(30)16-13-22-12-15-24(31-22)19-5-3-2-4-6-19/h2-17H,1H3,(H,28,30)/b16-13+. The normalized spacial score (nSPS) is 11.3. The first kappa shape index (κ1) is 19.6. The highest BCUT2D eigenvalue weighted by molar-refractivity contribution is 6.01. The summed E-state index contributed by atoms with van der Waals surface area (Å²) >= 11 is 0. The molecule has 5 rings (SSSR count). The minimum Gasteiger partial charge on any atom is -0.457 e. The van der Waals surface area contributed by atoms with E-state index < -0.39 is 0 Å². The van der Waals surface area contributed by atoms with Crippen molar-refractivity contribution in [2.75, 3.05) is 5.32 Å². The molecule has 0 saturated heterocycles. The molecule has 2 heterocycles. The number of aryl methyl sites for hydroxylation is 1. The minimum atomic E-state index is -0.243. The van der Waals surface area contributed by atoms with Crippen LogP contribution >= 0.6 is 0 Å². The van der Waals surface area contributed by atoms with Crippen molar-refractivity contribution in [2.45, 2.75) is 6.92 Å². The molecule has 0 spiro atoms. The molecule has 1 N–H and O–H groups in total. The van der Waals surface area contributed by atoms with Gasteiger partial charge in [0.2, 0.25) is 11.8 Å². The van der Waals surface area contributed by atoms with Crippen molar-refractivity contribution in [2.24, 2.45) is 0 Å². The van der Waals surface area contributed by atoms with Gasteiger partial charge in [0, 0.05) is 22.9 Å². The maximum atomic E-state index is 12.3. The molecular weight excluding hydrogens is 400 g/mol. The van der Waals surface area contributed by atoms with Gasteiger partial charge in [-0.15, -0.1) is 0 Å². The van der Waals surface area contributed by atoms with Crippen molar-refractivity contribution < 1.29 is 13.6 Å². The van der Waals surface area contributed by atoms with Gasteiger partial charge in [0.25, 0.3) is 0 Å². The molecule has 0 aliphatic heterocycles. The van der Waals surface area contributed by atoms with E-state index in [4.69, 9.17) is 8.83 Å². The summed E-state index contributed by atoms with van der Waals surface area (Å²) in [4.78, 5) is 16.8. The Morgan fingerprint density at radius 1 is 0.875 bits per heavy atom. The zero-order chi connectivity index (χ0) is 21.9. The first-order chi connectivity index (χ1) is 15.6. The fourth-order valence-corrected chi connectivity index (χ4v) is 3.39. The highest BCUT2D eigenvalue weighted by Gasteiger charge is 2.09. The lowest BCUT2D eigenvalue weighted by atomic mass is 10.2. The van der Waals surface area contributed by atoms with Crippen molar-refractivity contribution in [1.29, 1.82) is 0 Å². The lowest BCUT2D eigenvalue weighted by Gasteiger charge is -2.02. The number of oxazole rings is 1. The number of hydrogen-bond acceptors (Lipinski definition) is 4. The van der Waals surface area contributed by atoms with Crippen LogP contribution in [-0.4, -0.2) is 10.9 Å². The monoisotopic (exact) mass is 420 g/mol. The topological polar surface area (TPSA) is 68.3 Å². The minimum absolute atomic E-state index is 0.243. The highest BCUT2D eigenvalue weighted by Crippen LogP contribution is 2.26. The Morgan fingerprint density at radius 3 is 2.50 bits per heavy atom. The summed E-state index contributed by atoms with van der Waals surface area (Å²) in [7, 11) is 0. The van der Waals surface area contributed by atoms with E-state index in [9.17, 15) is 4.79 Å². The van der Waals surface area contributed by atoms with Gasteiger partial charge < -0.3 is 14.2 Å². The number of nitrogens with one attached hydrogen (secondary N) is 1. The molecule has 5 aromatic rings. The predicted molar refractivity (Wildman–Crippen MR) is 126 cm³/mol. The quantitative estimate of drug-likeness (QED) is 0.321. The van der Waals surface area contributed by atoms with Gasteiger partial charge in [0.1, 0.15) is 17.0 Å². The van der Waals surface area contributed by atoms with E-state index in [0.717, 1.165) is 33.6 Å². The number of nitrogens with zero attached hydrogens (tertiary/aromatic N) is 1. The second-order valence-electron chi connectivity index (χ2n) is 7.46. The molecule has 0 saturated carbocycles. The van der Waals surface area contributed by atoms with Gasteiger partial charge in [0.05, 0.1) is 0 Å². The van der Waals surface area contributed by atoms with Crippen LogP contribution in [0, 0.1) is 6.92 Å². The van der Waals surface area contributed by atoms with Gasteiger partial charge in [-0.05, 0) is 67.1 Å². The molecule has 2 aromatic heterocycles. The molecule has 1 amide bonds. The molecule has 5 heteroatoms. The molecule has 0 unspecified atom stereocenters. The number of carbonyl (C=O) groups excluding carboxylic acids is 1. The van der Waals surface area contributed by atoms with Gasteiger partial charge in [-0.25, -0.2) is 4.98 Å². The van der Waals surface area contributed by atoms with E-state index in [-0.39, 0.29) is 5.91 Å².